The summed E-state index contributed by atoms with van der Waals surface area (Å²) in [6.45, 7) is 3.98. The molecule has 29 heavy (non-hydrogen) atoms. The summed E-state index contributed by atoms with van der Waals surface area (Å²) in [5.74, 6) is 0.213. The van der Waals surface area contributed by atoms with Crippen molar-refractivity contribution in [3.8, 4) is 11.8 Å². The maximum Gasteiger partial charge on any atom is 0.420 e. The molecule has 0 unspecified atom stereocenters. The molecular formula is C22H22N2O5. The molecule has 2 aromatic carbocycles. The van der Waals surface area contributed by atoms with Crippen LogP contribution in [0.1, 0.15) is 30.9 Å². The summed E-state index contributed by atoms with van der Waals surface area (Å²) < 4.78 is 21.4. The van der Waals surface area contributed by atoms with Gasteiger partial charge in [0.15, 0.2) is 0 Å². The summed E-state index contributed by atoms with van der Waals surface area (Å²) in [6, 6.07) is 16.8. The van der Waals surface area contributed by atoms with E-state index in [1.807, 2.05) is 44.2 Å². The van der Waals surface area contributed by atoms with Gasteiger partial charge < -0.3 is 18.6 Å². The van der Waals surface area contributed by atoms with E-state index in [2.05, 4.69) is 10.2 Å². The first-order valence-corrected chi connectivity index (χ1v) is 8.95. The Hall–Kier alpha value is -3.61. The van der Waals surface area contributed by atoms with Crippen molar-refractivity contribution >= 4 is 11.5 Å². The predicted molar refractivity (Wildman–Crippen MR) is 106 cm³/mol. The van der Waals surface area contributed by atoms with Gasteiger partial charge in [0.1, 0.15) is 11.3 Å². The second-order valence-corrected chi connectivity index (χ2v) is 6.72. The number of esters is 1. The van der Waals surface area contributed by atoms with Crippen molar-refractivity contribution in [3.63, 3.8) is 0 Å². The molecule has 0 fully saturated rings. The molecule has 0 saturated carbocycles. The molecule has 0 bridgehead atoms. The van der Waals surface area contributed by atoms with Gasteiger partial charge in [-0.15, -0.1) is 5.10 Å². The van der Waals surface area contributed by atoms with Gasteiger partial charge in [-0.3, -0.25) is 0 Å². The average Bonchev–Trinajstić information content (AvgIpc) is 3.22. The second-order valence-electron chi connectivity index (χ2n) is 6.72. The number of nitrogens with zero attached hydrogens (tertiary/aromatic N) is 2. The smallest absolute Gasteiger partial charge is 0.420 e. The standard InChI is InChI=1S/C22H22N2O5/c1-22(2,15-10-6-5-7-11-15)20-23-24-21(29-20)28-18-13-9-8-12-16(18)17(14-26-3)19(25)27-4/h5-14H,1-4H3. The van der Waals surface area contributed by atoms with E-state index in [1.165, 1.54) is 20.5 Å². The lowest BCUT2D eigenvalue weighted by atomic mass is 9.85. The molecule has 3 aromatic rings. The Labute approximate surface area is 168 Å². The van der Waals surface area contributed by atoms with Crippen molar-refractivity contribution in [2.24, 2.45) is 0 Å². The van der Waals surface area contributed by atoms with Gasteiger partial charge in [-0.25, -0.2) is 4.79 Å². The number of carbonyl (C=O) groups is 1. The number of methoxy groups -OCH3 is 2. The van der Waals surface area contributed by atoms with Gasteiger partial charge in [0.05, 0.1) is 25.9 Å². The summed E-state index contributed by atoms with van der Waals surface area (Å²) in [4.78, 5) is 12.1. The fourth-order valence-corrected chi connectivity index (χ4v) is 2.80. The minimum absolute atomic E-state index is 0.0295. The number of para-hydroxylation sites is 1. The molecule has 0 aliphatic heterocycles. The third kappa shape index (κ3) is 4.29. The lowest BCUT2D eigenvalue weighted by Crippen LogP contribution is -2.19. The first-order valence-electron chi connectivity index (χ1n) is 8.95. The monoisotopic (exact) mass is 394 g/mol. The Morgan fingerprint density at radius 1 is 1.00 bits per heavy atom. The summed E-state index contributed by atoms with van der Waals surface area (Å²) in [5.41, 5.74) is 1.22. The predicted octanol–water partition coefficient (Wildman–Crippen LogP) is 4.35. The fraction of sp³-hybridized carbons (Fsp3) is 0.227. The van der Waals surface area contributed by atoms with E-state index < -0.39 is 11.4 Å². The molecule has 3 rings (SSSR count). The number of rotatable bonds is 7. The number of carbonyl (C=O) groups excluding carboxylic acids is 1. The topological polar surface area (TPSA) is 83.7 Å². The van der Waals surface area contributed by atoms with Crippen LogP contribution in [0.15, 0.2) is 65.3 Å². The summed E-state index contributed by atoms with van der Waals surface area (Å²) in [7, 11) is 2.74. The molecule has 0 N–H and O–H groups in total. The van der Waals surface area contributed by atoms with Gasteiger partial charge in [0, 0.05) is 5.56 Å². The molecule has 150 valence electrons. The minimum Gasteiger partial charge on any atom is -0.503 e. The third-order valence-electron chi connectivity index (χ3n) is 4.45. The number of hydrogen-bond donors (Lipinski definition) is 0. The fourth-order valence-electron chi connectivity index (χ4n) is 2.80. The zero-order chi connectivity index (χ0) is 20.9. The molecule has 1 aromatic heterocycles. The first kappa shape index (κ1) is 20.1. The number of aromatic nitrogens is 2. The Kier molecular flexibility index (Phi) is 5.97. The number of benzene rings is 2. The van der Waals surface area contributed by atoms with Gasteiger partial charge in [-0.1, -0.05) is 53.6 Å². The van der Waals surface area contributed by atoms with Crippen molar-refractivity contribution in [1.29, 1.82) is 0 Å². The van der Waals surface area contributed by atoms with Crippen molar-refractivity contribution in [2.45, 2.75) is 19.3 Å². The molecule has 7 heteroatoms. The zero-order valence-corrected chi connectivity index (χ0v) is 16.7. The quantitative estimate of drug-likeness (QED) is 0.335. The molecule has 1 heterocycles. The van der Waals surface area contributed by atoms with Crippen LogP contribution in [0, 0.1) is 0 Å². The van der Waals surface area contributed by atoms with Crippen LogP contribution in [0.4, 0.5) is 0 Å². The van der Waals surface area contributed by atoms with E-state index in [4.69, 9.17) is 18.6 Å². The van der Waals surface area contributed by atoms with E-state index in [9.17, 15) is 4.79 Å². The minimum atomic E-state index is -0.556. The highest BCUT2D eigenvalue weighted by molar-refractivity contribution is 6.17. The summed E-state index contributed by atoms with van der Waals surface area (Å²) in [5, 5.41) is 8.16. The molecule has 0 aliphatic rings. The number of hydrogen-bond acceptors (Lipinski definition) is 7. The van der Waals surface area contributed by atoms with Gasteiger partial charge in [0.2, 0.25) is 5.89 Å². The van der Waals surface area contributed by atoms with E-state index in [1.54, 1.807) is 24.3 Å². The molecule has 0 aliphatic carbocycles. The Bertz CT molecular complexity index is 1010. The van der Waals surface area contributed by atoms with E-state index in [-0.39, 0.29) is 11.6 Å². The average molecular weight is 394 g/mol. The van der Waals surface area contributed by atoms with Gasteiger partial charge >= 0.3 is 12.0 Å². The van der Waals surface area contributed by atoms with Crippen molar-refractivity contribution in [1.82, 2.24) is 10.2 Å². The van der Waals surface area contributed by atoms with Crippen molar-refractivity contribution in [3.05, 3.63) is 77.9 Å². The van der Waals surface area contributed by atoms with Gasteiger partial charge in [-0.2, -0.15) is 0 Å². The largest absolute Gasteiger partial charge is 0.503 e. The van der Waals surface area contributed by atoms with Crippen molar-refractivity contribution < 1.29 is 23.4 Å². The van der Waals surface area contributed by atoms with Crippen LogP contribution in [-0.2, 0) is 19.7 Å². The molecule has 7 nitrogen and oxygen atoms in total. The van der Waals surface area contributed by atoms with Crippen LogP contribution in [-0.4, -0.2) is 30.4 Å². The van der Waals surface area contributed by atoms with Crippen LogP contribution in [0.2, 0.25) is 0 Å². The van der Waals surface area contributed by atoms with Crippen molar-refractivity contribution in [2.75, 3.05) is 14.2 Å². The zero-order valence-electron chi connectivity index (χ0n) is 16.7. The lowest BCUT2D eigenvalue weighted by molar-refractivity contribution is -0.133. The normalized spacial score (nSPS) is 11.8. The summed E-state index contributed by atoms with van der Waals surface area (Å²) in [6.07, 6.45) is 1.27. The van der Waals surface area contributed by atoms with Crippen LogP contribution < -0.4 is 4.74 Å². The lowest BCUT2D eigenvalue weighted by Gasteiger charge is -2.20. The number of ether oxygens (including phenoxy) is 3. The van der Waals surface area contributed by atoms with Crippen LogP contribution >= 0.6 is 0 Å². The Balaban J connectivity index is 1.91. The van der Waals surface area contributed by atoms with Gasteiger partial charge in [-0.05, 0) is 25.5 Å². The molecule has 0 atom stereocenters. The molecule has 0 amide bonds. The third-order valence-corrected chi connectivity index (χ3v) is 4.45. The molecule has 0 radical (unpaired) electrons. The highest BCUT2D eigenvalue weighted by Gasteiger charge is 2.30. The SMILES string of the molecule is COC=C(C(=O)OC)c1ccccc1Oc1nnc(C(C)(C)c2ccccc2)o1. The second kappa shape index (κ2) is 8.60. The first-order chi connectivity index (χ1) is 14.0. The molecule has 0 spiro atoms. The van der Waals surface area contributed by atoms with Crippen LogP contribution in [0.25, 0.3) is 5.57 Å². The summed E-state index contributed by atoms with van der Waals surface area (Å²) >= 11 is 0. The molecule has 0 saturated heterocycles. The highest BCUT2D eigenvalue weighted by atomic mass is 16.6. The Morgan fingerprint density at radius 3 is 2.38 bits per heavy atom. The van der Waals surface area contributed by atoms with Crippen LogP contribution in [0.3, 0.4) is 0 Å². The Morgan fingerprint density at radius 2 is 1.69 bits per heavy atom. The highest BCUT2D eigenvalue weighted by Crippen LogP contribution is 2.34. The maximum atomic E-state index is 12.1. The van der Waals surface area contributed by atoms with E-state index in [0.717, 1.165) is 5.56 Å². The van der Waals surface area contributed by atoms with Crippen LogP contribution in [0.5, 0.6) is 11.8 Å². The maximum absolute atomic E-state index is 12.1. The van der Waals surface area contributed by atoms with Gasteiger partial charge in [0.25, 0.3) is 0 Å². The van der Waals surface area contributed by atoms with E-state index >= 15 is 0 Å². The molecular weight excluding hydrogens is 372 g/mol. The van der Waals surface area contributed by atoms with E-state index in [0.29, 0.717) is 17.2 Å².